The van der Waals surface area contributed by atoms with E-state index in [4.69, 9.17) is 0 Å². The number of para-hydroxylation sites is 1. The monoisotopic (exact) mass is 829 g/mol. The normalized spacial score (nSPS) is 11.8. The van der Waals surface area contributed by atoms with Gasteiger partial charge in [-0.05, 0) is 126 Å². The smallest absolute Gasteiger partial charge is 0.0541 e. The quantitative estimate of drug-likeness (QED) is 0.147. The minimum atomic E-state index is 1.14. The first-order chi connectivity index (χ1) is 31.7. The van der Waals surface area contributed by atoms with Crippen molar-refractivity contribution in [3.63, 3.8) is 0 Å². The summed E-state index contributed by atoms with van der Waals surface area (Å²) in [6.45, 7) is 0. The van der Waals surface area contributed by atoms with E-state index in [-0.39, 0.29) is 0 Å². The Morgan fingerprint density at radius 1 is 0.266 bits per heavy atom. The zero-order valence-electron chi connectivity index (χ0n) is 34.9. The van der Waals surface area contributed by atoms with Gasteiger partial charge in [-0.3, -0.25) is 0 Å². The number of aromatic nitrogens is 1. The van der Waals surface area contributed by atoms with E-state index >= 15 is 0 Å². The number of hydrogen-bond acceptors (Lipinski definition) is 1. The summed E-state index contributed by atoms with van der Waals surface area (Å²) < 4.78 is 5.07. The second-order valence-electron chi connectivity index (χ2n) is 16.8. The Balaban J connectivity index is 1.01. The molecule has 2 heteroatoms. The first-order valence-electron chi connectivity index (χ1n) is 22.0. The molecule has 0 unspecified atom stereocenters. The summed E-state index contributed by atoms with van der Waals surface area (Å²) in [5.41, 5.74) is 15.9. The van der Waals surface area contributed by atoms with Gasteiger partial charge >= 0.3 is 0 Å². The average Bonchev–Trinajstić information content (AvgIpc) is 3.91. The van der Waals surface area contributed by atoms with Crippen LogP contribution in [0, 0.1) is 0 Å². The molecule has 0 radical (unpaired) electrons. The van der Waals surface area contributed by atoms with E-state index in [1.54, 1.807) is 0 Å². The molecule has 64 heavy (non-hydrogen) atoms. The van der Waals surface area contributed by atoms with Crippen molar-refractivity contribution in [2.45, 2.75) is 0 Å². The summed E-state index contributed by atoms with van der Waals surface area (Å²) in [7, 11) is 0. The van der Waals surface area contributed by atoms with Crippen LogP contribution in [0.15, 0.2) is 237 Å². The molecule has 0 saturated carbocycles. The molecule has 2 aromatic heterocycles. The van der Waals surface area contributed by atoms with Crippen LogP contribution in [0.25, 0.3) is 125 Å². The van der Waals surface area contributed by atoms with Crippen LogP contribution in [-0.4, -0.2) is 4.57 Å². The van der Waals surface area contributed by atoms with Gasteiger partial charge < -0.3 is 4.57 Å². The van der Waals surface area contributed by atoms with Crippen molar-refractivity contribution >= 4 is 74.9 Å². The van der Waals surface area contributed by atoms with E-state index in [0.717, 1.165) is 5.69 Å². The van der Waals surface area contributed by atoms with Gasteiger partial charge in [-0.1, -0.05) is 182 Å². The maximum Gasteiger partial charge on any atom is 0.0541 e. The van der Waals surface area contributed by atoms with E-state index in [1.807, 2.05) is 11.3 Å². The van der Waals surface area contributed by atoms with E-state index < -0.39 is 0 Å². The molecule has 298 valence electrons. The number of nitrogens with zero attached hydrogens (tertiary/aromatic N) is 1. The summed E-state index contributed by atoms with van der Waals surface area (Å²) in [5.74, 6) is 0. The molecule has 11 aromatic carbocycles. The topological polar surface area (TPSA) is 4.93 Å². The SMILES string of the molecule is c1ccc(-c2ccc3sc4c(-c5ccc6c(c5)c5ccccc5n6-c5cccc(-c6c7ccccc7c(-c7ccccc7)c7ccccc67)c5)cc(-c5ccccc5)cc4c3c2)cc1. The van der Waals surface area contributed by atoms with Gasteiger partial charge in [0, 0.05) is 42.2 Å². The first kappa shape index (κ1) is 36.6. The van der Waals surface area contributed by atoms with Gasteiger partial charge in [-0.15, -0.1) is 11.3 Å². The molecule has 0 aliphatic carbocycles. The van der Waals surface area contributed by atoms with E-state index in [9.17, 15) is 0 Å². The molecule has 0 bridgehead atoms. The van der Waals surface area contributed by atoms with Crippen LogP contribution in [0.2, 0.25) is 0 Å². The second-order valence-corrected chi connectivity index (χ2v) is 17.8. The molecule has 0 aliphatic heterocycles. The van der Waals surface area contributed by atoms with Crippen molar-refractivity contribution in [3.8, 4) is 61.3 Å². The third-order valence-corrected chi connectivity index (χ3v) is 14.4. The molecular formula is C62H39NS. The number of rotatable bonds is 6. The zero-order chi connectivity index (χ0) is 42.1. The fraction of sp³-hybridized carbons (Fsp3) is 0. The van der Waals surface area contributed by atoms with Crippen LogP contribution >= 0.6 is 11.3 Å². The first-order valence-corrected chi connectivity index (χ1v) is 22.8. The molecule has 0 atom stereocenters. The summed E-state index contributed by atoms with van der Waals surface area (Å²) in [5, 5.41) is 10.1. The molecule has 1 nitrogen and oxygen atoms in total. The molecule has 13 aromatic rings. The van der Waals surface area contributed by atoms with Crippen LogP contribution in [-0.2, 0) is 0 Å². The molecule has 0 fully saturated rings. The highest BCUT2D eigenvalue weighted by Crippen LogP contribution is 2.47. The largest absolute Gasteiger partial charge is 0.309 e. The lowest BCUT2D eigenvalue weighted by molar-refractivity contribution is 1.18. The van der Waals surface area contributed by atoms with Crippen LogP contribution in [0.1, 0.15) is 0 Å². The van der Waals surface area contributed by atoms with Crippen LogP contribution in [0.4, 0.5) is 0 Å². The van der Waals surface area contributed by atoms with Crippen LogP contribution < -0.4 is 0 Å². The van der Waals surface area contributed by atoms with E-state index in [2.05, 4.69) is 241 Å². The fourth-order valence-corrected chi connectivity index (χ4v) is 11.5. The second kappa shape index (κ2) is 14.8. The van der Waals surface area contributed by atoms with Gasteiger partial charge in [0.05, 0.1) is 11.0 Å². The minimum Gasteiger partial charge on any atom is -0.309 e. The standard InChI is InChI=1S/C62H39NS/c1-4-17-40(18-5-1)43-32-34-59-55(36-43)56-39-46(41-19-6-2-7-20-41)38-53(62(56)64-59)44-31-33-58-54(37-44)48-25-14-15-30-57(48)63(58)47-24-16-23-45(35-47)61-51-28-12-10-26-49(51)60(42-21-8-3-9-22-42)50-27-11-13-29-52(50)61/h1-39H. The molecule has 0 aliphatic rings. The Labute approximate surface area is 375 Å². The molecule has 0 N–H and O–H groups in total. The van der Waals surface area contributed by atoms with Crippen molar-refractivity contribution in [2.75, 3.05) is 0 Å². The molecule has 0 spiro atoms. The zero-order valence-corrected chi connectivity index (χ0v) is 35.7. The molecular weight excluding hydrogens is 791 g/mol. The molecule has 13 rings (SSSR count). The van der Waals surface area contributed by atoms with Crippen molar-refractivity contribution < 1.29 is 0 Å². The highest BCUT2D eigenvalue weighted by atomic mass is 32.1. The highest BCUT2D eigenvalue weighted by Gasteiger charge is 2.20. The van der Waals surface area contributed by atoms with Gasteiger partial charge in [0.2, 0.25) is 0 Å². The lowest BCUT2D eigenvalue weighted by Crippen LogP contribution is -1.95. The lowest BCUT2D eigenvalue weighted by Gasteiger charge is -2.18. The average molecular weight is 830 g/mol. The number of benzene rings is 11. The van der Waals surface area contributed by atoms with Crippen LogP contribution in [0.3, 0.4) is 0 Å². The van der Waals surface area contributed by atoms with Crippen molar-refractivity contribution in [1.29, 1.82) is 0 Å². The van der Waals surface area contributed by atoms with Crippen molar-refractivity contribution in [1.82, 2.24) is 4.57 Å². The third kappa shape index (κ3) is 5.84. The Hall–Kier alpha value is -8.04. The Bertz CT molecular complexity index is 3880. The maximum atomic E-state index is 2.46. The van der Waals surface area contributed by atoms with Crippen LogP contribution in [0.5, 0.6) is 0 Å². The van der Waals surface area contributed by atoms with Gasteiger partial charge in [-0.2, -0.15) is 0 Å². The van der Waals surface area contributed by atoms with E-state index in [1.165, 1.54) is 119 Å². The van der Waals surface area contributed by atoms with Gasteiger partial charge in [0.15, 0.2) is 0 Å². The maximum absolute atomic E-state index is 2.46. The summed E-state index contributed by atoms with van der Waals surface area (Å²) in [4.78, 5) is 0. The number of thiophene rings is 1. The Morgan fingerprint density at radius 2 is 0.766 bits per heavy atom. The summed E-state index contributed by atoms with van der Waals surface area (Å²) in [6, 6.07) is 87.2. The van der Waals surface area contributed by atoms with Crippen molar-refractivity contribution in [2.24, 2.45) is 0 Å². The van der Waals surface area contributed by atoms with Gasteiger partial charge in [0.25, 0.3) is 0 Å². The van der Waals surface area contributed by atoms with Gasteiger partial charge in [-0.25, -0.2) is 0 Å². The van der Waals surface area contributed by atoms with Crippen molar-refractivity contribution in [3.05, 3.63) is 237 Å². The van der Waals surface area contributed by atoms with Gasteiger partial charge in [0.1, 0.15) is 0 Å². The summed E-state index contributed by atoms with van der Waals surface area (Å²) in [6.07, 6.45) is 0. The highest BCUT2D eigenvalue weighted by molar-refractivity contribution is 7.26. The molecule has 0 amide bonds. The molecule has 0 saturated heterocycles. The Morgan fingerprint density at radius 3 is 1.44 bits per heavy atom. The Kier molecular flexibility index (Phi) is 8.47. The summed E-state index contributed by atoms with van der Waals surface area (Å²) >= 11 is 1.90. The number of hydrogen-bond donors (Lipinski definition) is 0. The number of fused-ring (bicyclic) bond motifs is 8. The van der Waals surface area contributed by atoms with E-state index in [0.29, 0.717) is 0 Å². The predicted octanol–water partition coefficient (Wildman–Crippen LogP) is 17.8. The predicted molar refractivity (Wildman–Crippen MR) is 276 cm³/mol. The molecule has 2 heterocycles. The minimum absolute atomic E-state index is 1.14. The third-order valence-electron chi connectivity index (χ3n) is 13.2. The lowest BCUT2D eigenvalue weighted by atomic mass is 9.86. The fourth-order valence-electron chi connectivity index (χ4n) is 10.3.